The zero-order valence-electron chi connectivity index (χ0n) is 32.5. The highest BCUT2D eigenvalue weighted by Crippen LogP contribution is 2.11. The van der Waals surface area contributed by atoms with Crippen LogP contribution in [-0.4, -0.2) is 69.0 Å². The number of ether oxygens (including phenoxy) is 4. The Labute approximate surface area is 313 Å². The summed E-state index contributed by atoms with van der Waals surface area (Å²) in [6, 6.07) is 43.6. The minimum absolute atomic E-state index is 0.0540. The maximum Gasteiger partial charge on any atom is 0.338 e. The molecular weight excluding hydrogens is 652 g/mol. The van der Waals surface area contributed by atoms with Gasteiger partial charge in [0, 0.05) is 14.2 Å². The molecule has 0 radical (unpaired) electrons. The number of hydrogen-bond donors (Lipinski definition) is 2. The largest absolute Gasteiger partial charge is 0.491 e. The van der Waals surface area contributed by atoms with Gasteiger partial charge in [-0.1, -0.05) is 151 Å². The topological polar surface area (TPSA) is 94.5 Å². The Morgan fingerprint density at radius 2 is 0.885 bits per heavy atom. The summed E-state index contributed by atoms with van der Waals surface area (Å²) < 4.78 is 19.6. The molecule has 0 aliphatic heterocycles. The van der Waals surface area contributed by atoms with Crippen LogP contribution in [0.15, 0.2) is 133 Å². The number of esters is 1. The van der Waals surface area contributed by atoms with Crippen molar-refractivity contribution < 1.29 is 34.0 Å². The van der Waals surface area contributed by atoms with Crippen molar-refractivity contribution in [2.45, 2.75) is 66.6 Å². The molecule has 0 heterocycles. The van der Waals surface area contributed by atoms with E-state index in [2.05, 4.69) is 86.6 Å². The van der Waals surface area contributed by atoms with E-state index in [1.165, 1.54) is 29.0 Å². The lowest BCUT2D eigenvalue weighted by atomic mass is 10.1. The summed E-state index contributed by atoms with van der Waals surface area (Å²) in [5.74, 6) is 0.323. The normalized spacial score (nSPS) is 10.7. The average Bonchev–Trinajstić information content (AvgIpc) is 3.22. The van der Waals surface area contributed by atoms with E-state index in [4.69, 9.17) is 18.9 Å². The van der Waals surface area contributed by atoms with Gasteiger partial charge in [0.05, 0.1) is 18.8 Å². The number of aryl methyl sites for hydroxylation is 2. The van der Waals surface area contributed by atoms with Crippen LogP contribution < -0.4 is 4.74 Å². The highest BCUT2D eigenvalue weighted by Gasteiger charge is 2.10. The van der Waals surface area contributed by atoms with E-state index in [0.717, 1.165) is 18.6 Å². The summed E-state index contributed by atoms with van der Waals surface area (Å²) in [6.07, 6.45) is 0.946. The fourth-order valence-electron chi connectivity index (χ4n) is 4.16. The SMILES string of the molecule is CC.CC.CCc1ccc(CC)cc1.COCC(O)COC(=O)c1ccccc1.COCC(O)COc1ccccc1.c1ccc2ccccc2c1. The minimum Gasteiger partial charge on any atom is -0.491 e. The Bertz CT molecular complexity index is 1420. The van der Waals surface area contributed by atoms with Gasteiger partial charge < -0.3 is 29.2 Å². The number of aliphatic hydroxyl groups excluding tert-OH is 2. The van der Waals surface area contributed by atoms with Crippen LogP contribution in [0.25, 0.3) is 10.8 Å². The van der Waals surface area contributed by atoms with Crippen LogP contribution in [0.5, 0.6) is 5.75 Å². The summed E-state index contributed by atoms with van der Waals surface area (Å²) in [5.41, 5.74) is 3.33. The van der Waals surface area contributed by atoms with Crippen LogP contribution in [-0.2, 0) is 27.1 Å². The number of fused-ring (bicyclic) bond motifs is 1. The molecule has 5 aromatic carbocycles. The zero-order valence-corrected chi connectivity index (χ0v) is 32.5. The van der Waals surface area contributed by atoms with Crippen molar-refractivity contribution in [3.05, 3.63) is 150 Å². The first-order valence-corrected chi connectivity index (χ1v) is 18.2. The van der Waals surface area contributed by atoms with Gasteiger partial charge in [-0.3, -0.25) is 0 Å². The summed E-state index contributed by atoms with van der Waals surface area (Å²) in [5, 5.41) is 21.1. The average molecular weight is 715 g/mol. The van der Waals surface area contributed by atoms with Gasteiger partial charge in [-0.2, -0.15) is 0 Å². The lowest BCUT2D eigenvalue weighted by molar-refractivity contribution is 0.000140. The van der Waals surface area contributed by atoms with E-state index in [9.17, 15) is 15.0 Å². The van der Waals surface area contributed by atoms with Gasteiger partial charge in [0.2, 0.25) is 0 Å². The Hall–Kier alpha value is -4.53. The van der Waals surface area contributed by atoms with E-state index in [1.807, 2.05) is 64.1 Å². The molecule has 0 aliphatic rings. The molecule has 0 aromatic heterocycles. The maximum atomic E-state index is 11.4. The number of methoxy groups -OCH3 is 2. The van der Waals surface area contributed by atoms with E-state index in [-0.39, 0.29) is 19.8 Å². The van der Waals surface area contributed by atoms with E-state index >= 15 is 0 Å². The second kappa shape index (κ2) is 32.4. The standard InChI is InChI=1S/C11H14O4.C10H14O3.C10H8.C10H14.2C2H6/c1-14-7-10(12)8-15-11(13)9-5-3-2-4-6-9;1-12-7-9(11)8-13-10-5-3-2-4-6-10;1-2-6-10-8-4-3-7-9(10)5-1;1-3-9-5-7-10(4-2)8-6-9;2*1-2/h2-6,10,12H,7-8H2,1H3;2-6,9,11H,7-8H2,1H3;1-8H;5-8H,3-4H2,1-2H3;2*1-2H3. The molecule has 2 N–H and O–H groups in total. The summed E-state index contributed by atoms with van der Waals surface area (Å²) in [7, 11) is 3.02. The number of hydrogen-bond acceptors (Lipinski definition) is 7. The van der Waals surface area contributed by atoms with Crippen LogP contribution >= 0.6 is 0 Å². The third kappa shape index (κ3) is 22.3. The smallest absolute Gasteiger partial charge is 0.338 e. The second-order valence-electron chi connectivity index (χ2n) is 10.7. The molecule has 0 bridgehead atoms. The van der Waals surface area contributed by atoms with Gasteiger partial charge in [-0.25, -0.2) is 4.79 Å². The molecular formula is C45H62O7. The Balaban J connectivity index is 0.000000652. The highest BCUT2D eigenvalue weighted by atomic mass is 16.5. The molecule has 284 valence electrons. The fourth-order valence-corrected chi connectivity index (χ4v) is 4.16. The predicted molar refractivity (Wildman–Crippen MR) is 216 cm³/mol. The van der Waals surface area contributed by atoms with Crippen LogP contribution in [0.2, 0.25) is 0 Å². The summed E-state index contributed by atoms with van der Waals surface area (Å²) in [6.45, 7) is 13.0. The van der Waals surface area contributed by atoms with Crippen molar-refractivity contribution >= 4 is 16.7 Å². The van der Waals surface area contributed by atoms with E-state index < -0.39 is 18.2 Å². The third-order valence-corrected chi connectivity index (χ3v) is 6.82. The number of para-hydroxylation sites is 1. The molecule has 0 saturated carbocycles. The van der Waals surface area contributed by atoms with Crippen LogP contribution in [0.4, 0.5) is 0 Å². The van der Waals surface area contributed by atoms with Gasteiger partial charge in [-0.05, 0) is 59.0 Å². The van der Waals surface area contributed by atoms with E-state index in [0.29, 0.717) is 12.2 Å². The number of rotatable bonds is 12. The number of aliphatic hydroxyl groups is 2. The van der Waals surface area contributed by atoms with Crippen molar-refractivity contribution in [2.75, 3.05) is 40.6 Å². The number of carbonyl (C=O) groups excluding carboxylic acids is 1. The highest BCUT2D eigenvalue weighted by molar-refractivity contribution is 5.89. The molecule has 7 heteroatoms. The molecule has 0 spiro atoms. The van der Waals surface area contributed by atoms with Crippen molar-refractivity contribution in [3.63, 3.8) is 0 Å². The van der Waals surface area contributed by atoms with Crippen molar-refractivity contribution in [3.8, 4) is 5.75 Å². The maximum absolute atomic E-state index is 11.4. The Morgan fingerprint density at radius 3 is 1.27 bits per heavy atom. The Kier molecular flexibility index (Phi) is 29.6. The number of carbonyl (C=O) groups is 1. The Morgan fingerprint density at radius 1 is 0.519 bits per heavy atom. The molecule has 0 fully saturated rings. The third-order valence-electron chi connectivity index (χ3n) is 6.82. The molecule has 0 amide bonds. The molecule has 5 aromatic rings. The summed E-state index contributed by atoms with van der Waals surface area (Å²) >= 11 is 0. The zero-order chi connectivity index (χ0) is 38.8. The van der Waals surface area contributed by atoms with Gasteiger partial charge in [-0.15, -0.1) is 0 Å². The first-order valence-electron chi connectivity index (χ1n) is 18.2. The minimum atomic E-state index is -0.775. The predicted octanol–water partition coefficient (Wildman–Crippen LogP) is 9.63. The van der Waals surface area contributed by atoms with Crippen LogP contribution in [0.1, 0.15) is 63.0 Å². The van der Waals surface area contributed by atoms with Crippen LogP contribution in [0.3, 0.4) is 0 Å². The molecule has 0 aliphatic carbocycles. The first-order chi connectivity index (χ1) is 25.4. The lowest BCUT2D eigenvalue weighted by Crippen LogP contribution is -2.23. The van der Waals surface area contributed by atoms with Crippen molar-refractivity contribution in [2.24, 2.45) is 0 Å². The molecule has 2 atom stereocenters. The molecule has 2 unspecified atom stereocenters. The van der Waals surface area contributed by atoms with Crippen molar-refractivity contribution in [1.82, 2.24) is 0 Å². The lowest BCUT2D eigenvalue weighted by Gasteiger charge is -2.10. The molecule has 0 saturated heterocycles. The fraction of sp³-hybridized carbons (Fsp3) is 0.356. The van der Waals surface area contributed by atoms with Gasteiger partial charge in [0.15, 0.2) is 0 Å². The first kappa shape index (κ1) is 47.5. The molecule has 7 nitrogen and oxygen atoms in total. The number of benzene rings is 5. The van der Waals surface area contributed by atoms with Crippen LogP contribution in [0, 0.1) is 0 Å². The van der Waals surface area contributed by atoms with Gasteiger partial charge in [0.1, 0.15) is 31.2 Å². The van der Waals surface area contributed by atoms with Gasteiger partial charge in [0.25, 0.3) is 0 Å². The second-order valence-corrected chi connectivity index (χ2v) is 10.7. The molecule has 5 rings (SSSR count). The summed E-state index contributed by atoms with van der Waals surface area (Å²) in [4.78, 5) is 11.4. The quantitative estimate of drug-likeness (QED) is 0.124. The van der Waals surface area contributed by atoms with Crippen molar-refractivity contribution in [1.29, 1.82) is 0 Å². The molecule has 52 heavy (non-hydrogen) atoms. The van der Waals surface area contributed by atoms with Gasteiger partial charge >= 0.3 is 5.97 Å². The monoisotopic (exact) mass is 714 g/mol. The van der Waals surface area contributed by atoms with E-state index in [1.54, 1.807) is 31.4 Å².